The van der Waals surface area contributed by atoms with Crippen molar-refractivity contribution in [2.24, 2.45) is 0 Å². The monoisotopic (exact) mass is 207 g/mol. The molecule has 0 fully saturated rings. The number of nitrogens with zero attached hydrogens (tertiary/aromatic N) is 3. The molecule has 0 aliphatic carbocycles. The van der Waals surface area contributed by atoms with E-state index in [1.54, 1.807) is 0 Å². The largest absolute Gasteiger partial charge is 0.334 e. The van der Waals surface area contributed by atoms with E-state index in [9.17, 15) is 0 Å². The minimum Gasteiger partial charge on any atom is -0.334 e. The first-order chi connectivity index (χ1) is 7.29. The second kappa shape index (κ2) is 4.57. The van der Waals surface area contributed by atoms with E-state index in [2.05, 4.69) is 28.0 Å². The minimum atomic E-state index is 0.688. The summed E-state index contributed by atoms with van der Waals surface area (Å²) < 4.78 is 5.17. The molecule has 0 radical (unpaired) electrons. The van der Waals surface area contributed by atoms with E-state index in [0.717, 1.165) is 26.1 Å². The van der Waals surface area contributed by atoms with Gasteiger partial charge < -0.3 is 4.52 Å². The molecule has 0 spiro atoms. The third kappa shape index (κ3) is 2.45. The van der Waals surface area contributed by atoms with Crippen LogP contribution in [-0.4, -0.2) is 34.7 Å². The van der Waals surface area contributed by atoms with Gasteiger partial charge in [0, 0.05) is 18.7 Å². The smallest absolute Gasteiger partial charge is 0.254 e. The topological polar surface area (TPSA) is 42.2 Å². The fraction of sp³-hybridized carbons (Fsp3) is 0.636. The first-order valence-electron chi connectivity index (χ1n) is 5.51. The highest BCUT2D eigenvalue weighted by Gasteiger charge is 2.17. The molecular formula is C11H17N3O. The van der Waals surface area contributed by atoms with Crippen LogP contribution in [0, 0.1) is 6.92 Å². The van der Waals surface area contributed by atoms with Crippen LogP contribution in [0.15, 0.2) is 10.6 Å². The van der Waals surface area contributed by atoms with E-state index in [4.69, 9.17) is 4.52 Å². The molecule has 2 heterocycles. The van der Waals surface area contributed by atoms with Crippen molar-refractivity contribution in [1.82, 2.24) is 15.0 Å². The number of hydrogen-bond donors (Lipinski definition) is 0. The Labute approximate surface area is 90.0 Å². The van der Waals surface area contributed by atoms with Crippen molar-refractivity contribution in [1.29, 1.82) is 0 Å². The van der Waals surface area contributed by atoms with Gasteiger partial charge in [0.1, 0.15) is 0 Å². The van der Waals surface area contributed by atoms with Crippen LogP contribution >= 0.6 is 0 Å². The van der Waals surface area contributed by atoms with Gasteiger partial charge in [0.15, 0.2) is 5.82 Å². The Morgan fingerprint density at radius 2 is 2.40 bits per heavy atom. The van der Waals surface area contributed by atoms with Gasteiger partial charge >= 0.3 is 0 Å². The highest BCUT2D eigenvalue weighted by molar-refractivity contribution is 5.60. The first-order valence-corrected chi connectivity index (χ1v) is 5.51. The number of aryl methyl sites for hydroxylation is 1. The van der Waals surface area contributed by atoms with E-state index in [0.29, 0.717) is 11.7 Å². The van der Waals surface area contributed by atoms with Crippen molar-refractivity contribution in [3.05, 3.63) is 17.8 Å². The summed E-state index contributed by atoms with van der Waals surface area (Å²) in [6.07, 6.45) is 4.48. The molecule has 0 saturated heterocycles. The first kappa shape index (κ1) is 10.4. The van der Waals surface area contributed by atoms with Crippen molar-refractivity contribution in [2.75, 3.05) is 19.6 Å². The normalized spacial score (nSPS) is 17.9. The fourth-order valence-corrected chi connectivity index (χ4v) is 1.90. The summed E-state index contributed by atoms with van der Waals surface area (Å²) in [5, 5.41) is 3.82. The molecule has 0 N–H and O–H groups in total. The van der Waals surface area contributed by atoms with Crippen LogP contribution in [0.1, 0.15) is 31.5 Å². The Morgan fingerprint density at radius 1 is 1.53 bits per heavy atom. The summed E-state index contributed by atoms with van der Waals surface area (Å²) >= 11 is 0. The quantitative estimate of drug-likeness (QED) is 0.759. The van der Waals surface area contributed by atoms with Gasteiger partial charge in [-0.3, -0.25) is 4.90 Å². The van der Waals surface area contributed by atoms with E-state index >= 15 is 0 Å². The van der Waals surface area contributed by atoms with E-state index < -0.39 is 0 Å². The molecule has 4 nitrogen and oxygen atoms in total. The van der Waals surface area contributed by atoms with E-state index in [-0.39, 0.29) is 0 Å². The molecule has 0 aromatic carbocycles. The van der Waals surface area contributed by atoms with Gasteiger partial charge in [0.2, 0.25) is 0 Å². The Bertz CT molecular complexity index is 356. The van der Waals surface area contributed by atoms with Gasteiger partial charge in [-0.1, -0.05) is 18.2 Å². The molecule has 15 heavy (non-hydrogen) atoms. The molecule has 0 bridgehead atoms. The summed E-state index contributed by atoms with van der Waals surface area (Å²) in [6.45, 7) is 7.28. The predicted molar refractivity (Wildman–Crippen MR) is 58.4 cm³/mol. The molecule has 0 unspecified atom stereocenters. The second-order valence-electron chi connectivity index (χ2n) is 3.94. The van der Waals surface area contributed by atoms with Crippen LogP contribution in [0.5, 0.6) is 0 Å². The van der Waals surface area contributed by atoms with Crippen LogP contribution in [0.4, 0.5) is 0 Å². The lowest BCUT2D eigenvalue weighted by atomic mass is 10.1. The van der Waals surface area contributed by atoms with Crippen LogP contribution in [-0.2, 0) is 0 Å². The lowest BCUT2D eigenvalue weighted by Crippen LogP contribution is -2.30. The van der Waals surface area contributed by atoms with Crippen molar-refractivity contribution in [3.63, 3.8) is 0 Å². The summed E-state index contributed by atoms with van der Waals surface area (Å²) in [4.78, 5) is 6.68. The van der Waals surface area contributed by atoms with Crippen molar-refractivity contribution >= 4 is 5.57 Å². The van der Waals surface area contributed by atoms with Crippen molar-refractivity contribution in [3.8, 4) is 0 Å². The molecule has 1 aromatic rings. The summed E-state index contributed by atoms with van der Waals surface area (Å²) in [5.74, 6) is 1.40. The van der Waals surface area contributed by atoms with Crippen LogP contribution in [0.3, 0.4) is 0 Å². The van der Waals surface area contributed by atoms with E-state index in [1.165, 1.54) is 12.0 Å². The summed E-state index contributed by atoms with van der Waals surface area (Å²) in [6, 6.07) is 0. The van der Waals surface area contributed by atoms with Gasteiger partial charge in [-0.15, -0.1) is 0 Å². The Hall–Kier alpha value is -1.16. The molecule has 0 amide bonds. The standard InChI is InChI=1S/C11H17N3O/c1-3-6-14-7-4-5-10(8-14)11-12-9(2)13-15-11/h5H,3-4,6-8H2,1-2H3. The van der Waals surface area contributed by atoms with Gasteiger partial charge in [-0.05, 0) is 26.3 Å². The SMILES string of the molecule is CCCN1CCC=C(c2nc(C)no2)C1. The van der Waals surface area contributed by atoms with Crippen LogP contribution < -0.4 is 0 Å². The predicted octanol–water partition coefficient (Wildman–Crippen LogP) is 1.88. The second-order valence-corrected chi connectivity index (χ2v) is 3.94. The fourth-order valence-electron chi connectivity index (χ4n) is 1.90. The Morgan fingerprint density at radius 3 is 3.07 bits per heavy atom. The molecular weight excluding hydrogens is 190 g/mol. The molecule has 0 saturated carbocycles. The maximum atomic E-state index is 5.17. The average molecular weight is 207 g/mol. The molecule has 2 rings (SSSR count). The molecule has 1 aromatic heterocycles. The minimum absolute atomic E-state index is 0.688. The van der Waals surface area contributed by atoms with Crippen molar-refractivity contribution < 1.29 is 4.52 Å². The zero-order valence-electron chi connectivity index (χ0n) is 9.36. The average Bonchev–Trinajstić information content (AvgIpc) is 2.66. The lowest BCUT2D eigenvalue weighted by Gasteiger charge is -2.25. The van der Waals surface area contributed by atoms with Crippen LogP contribution in [0.25, 0.3) is 5.57 Å². The maximum absolute atomic E-state index is 5.17. The Balaban J connectivity index is 2.07. The van der Waals surface area contributed by atoms with Gasteiger partial charge in [0.25, 0.3) is 5.89 Å². The number of rotatable bonds is 3. The number of aromatic nitrogens is 2. The third-order valence-corrected chi connectivity index (χ3v) is 2.57. The van der Waals surface area contributed by atoms with E-state index in [1.807, 2.05) is 6.92 Å². The van der Waals surface area contributed by atoms with Gasteiger partial charge in [-0.2, -0.15) is 4.98 Å². The molecule has 4 heteroatoms. The third-order valence-electron chi connectivity index (χ3n) is 2.57. The van der Waals surface area contributed by atoms with Gasteiger partial charge in [0.05, 0.1) is 0 Å². The summed E-state index contributed by atoms with van der Waals surface area (Å²) in [5.41, 5.74) is 1.18. The lowest BCUT2D eigenvalue weighted by molar-refractivity contribution is 0.299. The zero-order valence-corrected chi connectivity index (χ0v) is 9.36. The molecule has 1 aliphatic rings. The maximum Gasteiger partial charge on any atom is 0.254 e. The molecule has 82 valence electrons. The van der Waals surface area contributed by atoms with Gasteiger partial charge in [-0.25, -0.2) is 0 Å². The number of hydrogen-bond acceptors (Lipinski definition) is 4. The zero-order chi connectivity index (χ0) is 10.7. The highest BCUT2D eigenvalue weighted by atomic mass is 16.5. The summed E-state index contributed by atoms with van der Waals surface area (Å²) in [7, 11) is 0. The van der Waals surface area contributed by atoms with Crippen LogP contribution in [0.2, 0.25) is 0 Å². The highest BCUT2D eigenvalue weighted by Crippen LogP contribution is 2.19. The van der Waals surface area contributed by atoms with Crippen molar-refractivity contribution in [2.45, 2.75) is 26.7 Å². The molecule has 0 atom stereocenters. The molecule has 1 aliphatic heterocycles. The Kier molecular flexibility index (Phi) is 3.16.